The summed E-state index contributed by atoms with van der Waals surface area (Å²) in [4.78, 5) is 19.3. The number of hydrogen-bond donors (Lipinski definition) is 0. The highest BCUT2D eigenvalue weighted by molar-refractivity contribution is 5.46. The average Bonchev–Trinajstić information content (AvgIpc) is 2.47. The molecular formula is C18H25N3O3. The minimum Gasteiger partial charge on any atom is -0.382 e. The zero-order chi connectivity index (χ0) is 17.3. The molecule has 0 spiro atoms. The lowest BCUT2D eigenvalue weighted by Gasteiger charge is -2.42. The maximum Gasteiger partial charge on any atom is 0.258 e. The molecule has 3 rings (SSSR count). The maximum atomic E-state index is 12.3. The van der Waals surface area contributed by atoms with Gasteiger partial charge >= 0.3 is 0 Å². The Morgan fingerprint density at radius 1 is 1.46 bits per heavy atom. The zero-order valence-corrected chi connectivity index (χ0v) is 14.8. The summed E-state index contributed by atoms with van der Waals surface area (Å²) in [6.45, 7) is 8.88. The van der Waals surface area contributed by atoms with Gasteiger partial charge in [0.15, 0.2) is 0 Å². The summed E-state index contributed by atoms with van der Waals surface area (Å²) < 4.78 is 12.9. The number of hydrogen-bond acceptors (Lipinski definition) is 5. The molecule has 3 heterocycles. The molecule has 0 aromatic carbocycles. The van der Waals surface area contributed by atoms with E-state index >= 15 is 0 Å². The number of pyridine rings is 1. The predicted octanol–water partition coefficient (Wildman–Crippen LogP) is 1.63. The second-order valence-corrected chi connectivity index (χ2v) is 7.10. The van der Waals surface area contributed by atoms with Gasteiger partial charge < -0.3 is 9.47 Å². The number of fused-ring (bicyclic) bond motifs is 1. The van der Waals surface area contributed by atoms with E-state index in [1.807, 2.05) is 19.1 Å². The van der Waals surface area contributed by atoms with Crippen molar-refractivity contribution in [3.63, 3.8) is 0 Å². The molecule has 1 fully saturated rings. The van der Waals surface area contributed by atoms with Crippen LogP contribution in [0.4, 0.5) is 0 Å². The molecule has 1 saturated heterocycles. The van der Waals surface area contributed by atoms with Crippen LogP contribution < -0.4 is 5.56 Å². The van der Waals surface area contributed by atoms with Crippen molar-refractivity contribution in [2.45, 2.75) is 39.0 Å². The number of methoxy groups -OCH3 is 1. The van der Waals surface area contributed by atoms with Crippen molar-refractivity contribution in [3.05, 3.63) is 46.0 Å². The SMILES string of the molecule is COC[C@@H]1CN(Cc2cc(=O)n3cccc(C)c3n2)CC(C)(C)O1. The van der Waals surface area contributed by atoms with Crippen molar-refractivity contribution in [3.8, 4) is 0 Å². The van der Waals surface area contributed by atoms with Crippen LogP contribution in [-0.2, 0) is 16.0 Å². The first-order valence-corrected chi connectivity index (χ1v) is 8.25. The monoisotopic (exact) mass is 331 g/mol. The second kappa shape index (κ2) is 6.63. The van der Waals surface area contributed by atoms with Crippen LogP contribution in [0.25, 0.3) is 5.65 Å². The Morgan fingerprint density at radius 2 is 2.25 bits per heavy atom. The van der Waals surface area contributed by atoms with Gasteiger partial charge in [0, 0.05) is 39.0 Å². The Balaban J connectivity index is 1.86. The van der Waals surface area contributed by atoms with Crippen LogP contribution in [0.3, 0.4) is 0 Å². The molecule has 2 aromatic rings. The van der Waals surface area contributed by atoms with E-state index in [0.717, 1.165) is 30.0 Å². The van der Waals surface area contributed by atoms with Crippen LogP contribution >= 0.6 is 0 Å². The normalized spacial score (nSPS) is 21.2. The first-order chi connectivity index (χ1) is 11.4. The third-order valence-electron chi connectivity index (χ3n) is 4.23. The van der Waals surface area contributed by atoms with Crippen LogP contribution in [0.2, 0.25) is 0 Å². The van der Waals surface area contributed by atoms with Gasteiger partial charge in [-0.25, -0.2) is 4.98 Å². The summed E-state index contributed by atoms with van der Waals surface area (Å²) in [6, 6.07) is 5.46. The van der Waals surface area contributed by atoms with Crippen LogP contribution in [0.15, 0.2) is 29.2 Å². The standard InChI is InChI=1S/C18H25N3O3/c1-13-6-5-7-21-16(22)8-14(19-17(13)21)9-20-10-15(11-23-4)24-18(2,3)12-20/h5-8,15H,9-12H2,1-4H3/t15-/m0/s1. The van der Waals surface area contributed by atoms with Gasteiger partial charge in [0.2, 0.25) is 0 Å². The highest BCUT2D eigenvalue weighted by Gasteiger charge is 2.33. The van der Waals surface area contributed by atoms with Gasteiger partial charge in [-0.05, 0) is 32.4 Å². The summed E-state index contributed by atoms with van der Waals surface area (Å²) in [7, 11) is 1.68. The van der Waals surface area contributed by atoms with Crippen molar-refractivity contribution >= 4 is 5.65 Å². The first kappa shape index (κ1) is 17.1. The average molecular weight is 331 g/mol. The minimum atomic E-state index is -0.247. The molecule has 0 saturated carbocycles. The fourth-order valence-electron chi connectivity index (χ4n) is 3.43. The van der Waals surface area contributed by atoms with Gasteiger partial charge in [-0.15, -0.1) is 0 Å². The fraction of sp³-hybridized carbons (Fsp3) is 0.556. The van der Waals surface area contributed by atoms with Crippen molar-refractivity contribution in [2.75, 3.05) is 26.8 Å². The van der Waals surface area contributed by atoms with Crippen LogP contribution in [0, 0.1) is 6.92 Å². The zero-order valence-electron chi connectivity index (χ0n) is 14.8. The number of rotatable bonds is 4. The number of aryl methyl sites for hydroxylation is 1. The van der Waals surface area contributed by atoms with E-state index in [4.69, 9.17) is 14.5 Å². The molecular weight excluding hydrogens is 306 g/mol. The van der Waals surface area contributed by atoms with Gasteiger partial charge in [0.25, 0.3) is 5.56 Å². The Labute approximate surface area is 142 Å². The molecule has 24 heavy (non-hydrogen) atoms. The van der Waals surface area contributed by atoms with E-state index in [9.17, 15) is 4.79 Å². The molecule has 0 radical (unpaired) electrons. The highest BCUT2D eigenvalue weighted by Crippen LogP contribution is 2.22. The van der Waals surface area contributed by atoms with E-state index in [0.29, 0.717) is 13.2 Å². The molecule has 0 unspecified atom stereocenters. The molecule has 1 atom stereocenters. The quantitative estimate of drug-likeness (QED) is 0.852. The molecule has 0 bridgehead atoms. The minimum absolute atomic E-state index is 0.0297. The van der Waals surface area contributed by atoms with Crippen LogP contribution in [-0.4, -0.2) is 52.8 Å². The van der Waals surface area contributed by atoms with E-state index < -0.39 is 0 Å². The van der Waals surface area contributed by atoms with Gasteiger partial charge in [-0.3, -0.25) is 14.1 Å². The number of aromatic nitrogens is 2. The third kappa shape index (κ3) is 3.66. The van der Waals surface area contributed by atoms with Gasteiger partial charge in [0.1, 0.15) is 5.65 Å². The lowest BCUT2D eigenvalue weighted by Crippen LogP contribution is -2.53. The largest absolute Gasteiger partial charge is 0.382 e. The molecule has 2 aromatic heterocycles. The van der Waals surface area contributed by atoms with Crippen molar-refractivity contribution in [1.29, 1.82) is 0 Å². The van der Waals surface area contributed by atoms with Crippen LogP contribution in [0.1, 0.15) is 25.1 Å². The third-order valence-corrected chi connectivity index (χ3v) is 4.23. The molecule has 0 aliphatic carbocycles. The molecule has 0 N–H and O–H groups in total. The summed E-state index contributed by atoms with van der Waals surface area (Å²) in [5.41, 5.74) is 2.23. The summed E-state index contributed by atoms with van der Waals surface area (Å²) >= 11 is 0. The molecule has 1 aliphatic rings. The van der Waals surface area contributed by atoms with Crippen molar-refractivity contribution in [1.82, 2.24) is 14.3 Å². The number of morpholine rings is 1. The number of nitrogens with zero attached hydrogens (tertiary/aromatic N) is 3. The molecule has 6 heteroatoms. The van der Waals surface area contributed by atoms with E-state index in [1.54, 1.807) is 23.8 Å². The van der Waals surface area contributed by atoms with Crippen molar-refractivity contribution in [2.24, 2.45) is 0 Å². The summed E-state index contributed by atoms with van der Waals surface area (Å²) in [5.74, 6) is 0. The number of ether oxygens (including phenoxy) is 2. The smallest absolute Gasteiger partial charge is 0.258 e. The summed E-state index contributed by atoms with van der Waals surface area (Å²) in [5, 5.41) is 0. The Bertz CT molecular complexity index is 785. The highest BCUT2D eigenvalue weighted by atomic mass is 16.5. The van der Waals surface area contributed by atoms with Gasteiger partial charge in [0.05, 0.1) is 24.0 Å². The lowest BCUT2D eigenvalue weighted by atomic mass is 10.1. The molecule has 0 amide bonds. The van der Waals surface area contributed by atoms with Gasteiger partial charge in [-0.1, -0.05) is 6.07 Å². The van der Waals surface area contributed by atoms with E-state index in [-0.39, 0.29) is 17.3 Å². The van der Waals surface area contributed by atoms with Crippen molar-refractivity contribution < 1.29 is 9.47 Å². The van der Waals surface area contributed by atoms with Gasteiger partial charge in [-0.2, -0.15) is 0 Å². The Hall–Kier alpha value is -1.76. The van der Waals surface area contributed by atoms with E-state index in [2.05, 4.69) is 18.7 Å². The fourth-order valence-corrected chi connectivity index (χ4v) is 3.43. The molecule has 6 nitrogen and oxygen atoms in total. The Morgan fingerprint density at radius 3 is 3.00 bits per heavy atom. The first-order valence-electron chi connectivity index (χ1n) is 8.25. The summed E-state index contributed by atoms with van der Waals surface area (Å²) in [6.07, 6.45) is 1.79. The van der Waals surface area contributed by atoms with Crippen LogP contribution in [0.5, 0.6) is 0 Å². The predicted molar refractivity (Wildman–Crippen MR) is 92.3 cm³/mol. The van der Waals surface area contributed by atoms with E-state index in [1.165, 1.54) is 0 Å². The maximum absolute atomic E-state index is 12.3. The molecule has 1 aliphatic heterocycles. The lowest BCUT2D eigenvalue weighted by molar-refractivity contribution is -0.154. The Kier molecular flexibility index (Phi) is 4.71. The topological polar surface area (TPSA) is 56.1 Å². The molecule has 130 valence electrons. The second-order valence-electron chi connectivity index (χ2n) is 7.10.